The number of nitrogens with zero attached hydrogens (tertiary/aromatic N) is 1. The van der Waals surface area contributed by atoms with Crippen LogP contribution in [0.1, 0.15) is 28.4 Å². The molecule has 16 heavy (non-hydrogen) atoms. The van der Waals surface area contributed by atoms with Gasteiger partial charge >= 0.3 is 5.97 Å². The van der Waals surface area contributed by atoms with Gasteiger partial charge in [-0.2, -0.15) is 5.26 Å². The van der Waals surface area contributed by atoms with Crippen molar-refractivity contribution in [3.05, 3.63) is 28.8 Å². The van der Waals surface area contributed by atoms with Crippen molar-refractivity contribution in [2.75, 3.05) is 6.61 Å². The Kier molecular flexibility index (Phi) is 4.66. The Morgan fingerprint density at radius 2 is 2.31 bits per heavy atom. The molecule has 0 bridgehead atoms. The third kappa shape index (κ3) is 2.69. The number of halogens is 1. The van der Waals surface area contributed by atoms with Gasteiger partial charge in [0.05, 0.1) is 17.7 Å². The molecule has 0 aliphatic heterocycles. The topological polar surface area (TPSA) is 50.1 Å². The Balaban J connectivity index is 3.32. The Morgan fingerprint density at radius 1 is 1.62 bits per heavy atom. The maximum atomic E-state index is 11.6. The van der Waals surface area contributed by atoms with Crippen LogP contribution in [0.15, 0.2) is 17.0 Å². The first-order valence-corrected chi connectivity index (χ1v) is 5.61. The zero-order valence-electron chi connectivity index (χ0n) is 8.66. The number of hydrogen-bond acceptors (Lipinski definition) is 4. The average Bonchev–Trinajstić information content (AvgIpc) is 2.28. The molecule has 0 atom stereocenters. The second-order valence-electron chi connectivity index (χ2n) is 2.99. The van der Waals surface area contributed by atoms with Gasteiger partial charge in [-0.3, -0.25) is 0 Å². The molecule has 0 saturated heterocycles. The highest BCUT2D eigenvalue weighted by atomic mass is 35.5. The highest BCUT2D eigenvalue weighted by molar-refractivity contribution is 7.80. The van der Waals surface area contributed by atoms with E-state index in [1.54, 1.807) is 13.0 Å². The lowest BCUT2D eigenvalue weighted by molar-refractivity contribution is 0.0525. The van der Waals surface area contributed by atoms with Gasteiger partial charge in [0, 0.05) is 10.8 Å². The van der Waals surface area contributed by atoms with Gasteiger partial charge in [0.15, 0.2) is 0 Å². The van der Waals surface area contributed by atoms with Crippen LogP contribution < -0.4 is 0 Å². The van der Waals surface area contributed by atoms with Crippen LogP contribution in [-0.4, -0.2) is 12.6 Å². The van der Waals surface area contributed by atoms with Gasteiger partial charge in [-0.05, 0) is 24.6 Å². The second-order valence-corrected chi connectivity index (χ2v) is 3.78. The summed E-state index contributed by atoms with van der Waals surface area (Å²) >= 11 is 9.85. The van der Waals surface area contributed by atoms with Crippen molar-refractivity contribution in [2.24, 2.45) is 0 Å². The molecule has 84 valence electrons. The third-order valence-corrected chi connectivity index (χ3v) is 2.50. The van der Waals surface area contributed by atoms with Gasteiger partial charge in [-0.25, -0.2) is 4.79 Å². The number of rotatable bonds is 3. The van der Waals surface area contributed by atoms with Crippen LogP contribution in [0.3, 0.4) is 0 Å². The van der Waals surface area contributed by atoms with Crippen LogP contribution in [0.4, 0.5) is 0 Å². The van der Waals surface area contributed by atoms with E-state index in [1.807, 2.05) is 6.07 Å². The predicted molar refractivity (Wildman–Crippen MR) is 63.9 cm³/mol. The summed E-state index contributed by atoms with van der Waals surface area (Å²) in [5.74, 6) is -0.370. The Bertz CT molecular complexity index is 454. The van der Waals surface area contributed by atoms with E-state index < -0.39 is 5.97 Å². The number of carbonyl (C=O) groups is 1. The lowest BCUT2D eigenvalue weighted by Gasteiger charge is -2.08. The fourth-order valence-electron chi connectivity index (χ4n) is 1.29. The first-order valence-electron chi connectivity index (χ1n) is 4.63. The summed E-state index contributed by atoms with van der Waals surface area (Å²) in [7, 11) is 0. The van der Waals surface area contributed by atoms with E-state index in [2.05, 4.69) is 12.6 Å². The first kappa shape index (κ1) is 12.9. The van der Waals surface area contributed by atoms with E-state index in [9.17, 15) is 4.79 Å². The molecule has 0 amide bonds. The van der Waals surface area contributed by atoms with Crippen LogP contribution in [0.2, 0.25) is 0 Å². The standard InChI is InChI=1S/C11H10ClNO2S/c1-2-15-11(14)9-4-8(16)3-7(5-12)10(9)6-13/h3-4,16H,2,5H2,1H3. The molecule has 0 radical (unpaired) electrons. The predicted octanol–water partition coefficient (Wildman–Crippen LogP) is 2.76. The molecule has 0 spiro atoms. The molecule has 0 fully saturated rings. The molecule has 1 rings (SSSR count). The van der Waals surface area contributed by atoms with Crippen LogP contribution in [0, 0.1) is 11.3 Å². The van der Waals surface area contributed by atoms with Gasteiger partial charge < -0.3 is 4.74 Å². The molecule has 0 unspecified atom stereocenters. The molecular weight excluding hydrogens is 246 g/mol. The minimum atomic E-state index is -0.527. The van der Waals surface area contributed by atoms with Gasteiger partial charge in [0.1, 0.15) is 6.07 Å². The second kappa shape index (κ2) is 5.78. The monoisotopic (exact) mass is 255 g/mol. The highest BCUT2D eigenvalue weighted by Gasteiger charge is 2.16. The molecule has 5 heteroatoms. The molecule has 0 saturated carbocycles. The van der Waals surface area contributed by atoms with Crippen LogP contribution in [0.25, 0.3) is 0 Å². The molecule has 0 N–H and O–H groups in total. The number of alkyl halides is 1. The van der Waals surface area contributed by atoms with Crippen LogP contribution in [0.5, 0.6) is 0 Å². The molecule has 0 heterocycles. The summed E-state index contributed by atoms with van der Waals surface area (Å²) in [6, 6.07) is 5.14. The normalized spacial score (nSPS) is 9.62. The summed E-state index contributed by atoms with van der Waals surface area (Å²) < 4.78 is 4.86. The zero-order valence-corrected chi connectivity index (χ0v) is 10.3. The van der Waals surface area contributed by atoms with Crippen molar-refractivity contribution >= 4 is 30.2 Å². The largest absolute Gasteiger partial charge is 0.462 e. The van der Waals surface area contributed by atoms with E-state index >= 15 is 0 Å². The third-order valence-electron chi connectivity index (χ3n) is 1.96. The Hall–Kier alpha value is -1.18. The lowest BCUT2D eigenvalue weighted by Crippen LogP contribution is -2.08. The van der Waals surface area contributed by atoms with E-state index in [4.69, 9.17) is 21.6 Å². The number of esters is 1. The molecule has 0 aliphatic rings. The number of carbonyl (C=O) groups excluding carboxylic acids is 1. The summed E-state index contributed by atoms with van der Waals surface area (Å²) in [4.78, 5) is 12.2. The zero-order chi connectivity index (χ0) is 12.1. The summed E-state index contributed by atoms with van der Waals surface area (Å²) in [6.45, 7) is 1.97. The van der Waals surface area contributed by atoms with Crippen molar-refractivity contribution in [2.45, 2.75) is 17.7 Å². The summed E-state index contributed by atoms with van der Waals surface area (Å²) in [6.07, 6.45) is 0. The van der Waals surface area contributed by atoms with Gasteiger partial charge in [-0.15, -0.1) is 24.2 Å². The quantitative estimate of drug-likeness (QED) is 0.513. The molecule has 0 aromatic heterocycles. The van der Waals surface area contributed by atoms with Crippen molar-refractivity contribution in [3.8, 4) is 6.07 Å². The van der Waals surface area contributed by atoms with Crippen LogP contribution in [-0.2, 0) is 10.6 Å². The number of benzene rings is 1. The number of hydrogen-bond donors (Lipinski definition) is 1. The number of nitriles is 1. The van der Waals surface area contributed by atoms with E-state index in [1.165, 1.54) is 6.07 Å². The van der Waals surface area contributed by atoms with E-state index in [0.29, 0.717) is 10.5 Å². The average molecular weight is 256 g/mol. The van der Waals surface area contributed by atoms with E-state index in [0.717, 1.165) is 0 Å². The SMILES string of the molecule is CCOC(=O)c1cc(S)cc(CCl)c1C#N. The number of ether oxygens (including phenoxy) is 1. The number of thiol groups is 1. The van der Waals surface area contributed by atoms with Crippen molar-refractivity contribution in [1.29, 1.82) is 5.26 Å². The molecule has 0 aliphatic carbocycles. The van der Waals surface area contributed by atoms with Gasteiger partial charge in [0.2, 0.25) is 0 Å². The van der Waals surface area contributed by atoms with Crippen molar-refractivity contribution in [3.63, 3.8) is 0 Å². The van der Waals surface area contributed by atoms with Crippen molar-refractivity contribution < 1.29 is 9.53 Å². The maximum absolute atomic E-state index is 11.6. The first-order chi connectivity index (χ1) is 7.63. The molecule has 1 aromatic rings. The molecule has 1 aromatic carbocycles. The summed E-state index contributed by atoms with van der Waals surface area (Å²) in [5, 5.41) is 9.00. The Labute approximate surface area is 104 Å². The smallest absolute Gasteiger partial charge is 0.339 e. The fraction of sp³-hybridized carbons (Fsp3) is 0.273. The van der Waals surface area contributed by atoms with Crippen molar-refractivity contribution in [1.82, 2.24) is 0 Å². The van der Waals surface area contributed by atoms with Gasteiger partial charge in [-0.1, -0.05) is 0 Å². The molecule has 3 nitrogen and oxygen atoms in total. The highest BCUT2D eigenvalue weighted by Crippen LogP contribution is 2.22. The minimum Gasteiger partial charge on any atom is -0.462 e. The van der Waals surface area contributed by atoms with Gasteiger partial charge in [0.25, 0.3) is 0 Å². The lowest BCUT2D eigenvalue weighted by atomic mass is 10.0. The maximum Gasteiger partial charge on any atom is 0.339 e. The fourth-order valence-corrected chi connectivity index (χ4v) is 1.79. The molecular formula is C11H10ClNO2S. The Morgan fingerprint density at radius 3 is 2.81 bits per heavy atom. The summed E-state index contributed by atoms with van der Waals surface area (Å²) in [5.41, 5.74) is 1.05. The van der Waals surface area contributed by atoms with E-state index in [-0.39, 0.29) is 23.6 Å². The van der Waals surface area contributed by atoms with Crippen LogP contribution >= 0.6 is 24.2 Å². The minimum absolute atomic E-state index is 0.156.